The minimum atomic E-state index is -0.541. The summed E-state index contributed by atoms with van der Waals surface area (Å²) in [7, 11) is 0. The Bertz CT molecular complexity index is 1510. The number of ether oxygens (including phenoxy) is 1. The number of amides is 1. The largest absolute Gasteiger partial charge is 0.462 e. The van der Waals surface area contributed by atoms with Crippen LogP contribution in [0.5, 0.6) is 0 Å². The number of anilines is 2. The van der Waals surface area contributed by atoms with Gasteiger partial charge in [0.2, 0.25) is 0 Å². The maximum Gasteiger partial charge on any atom is 0.341 e. The summed E-state index contributed by atoms with van der Waals surface area (Å²) in [5, 5.41) is 18.6. The highest BCUT2D eigenvalue weighted by molar-refractivity contribution is 7.18. The molecule has 0 spiro atoms. The number of rotatable bonds is 8. The van der Waals surface area contributed by atoms with Gasteiger partial charge < -0.3 is 15.4 Å². The highest BCUT2D eigenvalue weighted by Gasteiger charge is 2.26. The third-order valence-electron chi connectivity index (χ3n) is 5.50. The maximum absolute atomic E-state index is 13.1. The quantitative estimate of drug-likeness (QED) is 0.191. The number of carbonyl (C=O) groups excluding carboxylic acids is 2. The van der Waals surface area contributed by atoms with Crippen molar-refractivity contribution in [1.29, 1.82) is 5.26 Å². The van der Waals surface area contributed by atoms with Crippen molar-refractivity contribution in [3.8, 4) is 17.3 Å². The molecule has 9 heteroatoms. The van der Waals surface area contributed by atoms with Gasteiger partial charge in [-0.1, -0.05) is 48.5 Å². The standard InChI is InChI=1S/C28H24N4O3S2/c1-4-35-28(34)23-18(3)24(25(33)31-21-13-9-8-10-17(21)2)37-27(23)30-15-20(14-29)26-32-22(16-36-26)19-11-6-5-7-12-19/h5-13,15-16,30H,4H2,1-3H3,(H,31,33). The van der Waals surface area contributed by atoms with Crippen LogP contribution in [0, 0.1) is 25.2 Å². The van der Waals surface area contributed by atoms with Gasteiger partial charge in [-0.05, 0) is 38.0 Å². The highest BCUT2D eigenvalue weighted by Crippen LogP contribution is 2.35. The normalized spacial score (nSPS) is 11.0. The molecule has 2 aromatic carbocycles. The van der Waals surface area contributed by atoms with Gasteiger partial charge in [0.25, 0.3) is 5.91 Å². The van der Waals surface area contributed by atoms with Gasteiger partial charge in [0.1, 0.15) is 21.7 Å². The summed E-state index contributed by atoms with van der Waals surface area (Å²) in [5.74, 6) is -0.867. The number of benzene rings is 2. The smallest absolute Gasteiger partial charge is 0.341 e. The van der Waals surface area contributed by atoms with E-state index in [4.69, 9.17) is 4.74 Å². The van der Waals surface area contributed by atoms with Crippen LogP contribution in [-0.2, 0) is 4.74 Å². The number of nitrogens with zero attached hydrogens (tertiary/aromatic N) is 2. The molecule has 2 aromatic heterocycles. The molecule has 0 atom stereocenters. The summed E-state index contributed by atoms with van der Waals surface area (Å²) in [6, 6.07) is 19.3. The molecule has 7 nitrogen and oxygen atoms in total. The summed E-state index contributed by atoms with van der Waals surface area (Å²) in [5.41, 5.74) is 4.42. The van der Waals surface area contributed by atoms with Crippen LogP contribution >= 0.6 is 22.7 Å². The molecule has 37 heavy (non-hydrogen) atoms. The number of thiazole rings is 1. The Balaban J connectivity index is 1.65. The molecule has 4 aromatic rings. The lowest BCUT2D eigenvalue weighted by atomic mass is 10.1. The number of nitriles is 1. The monoisotopic (exact) mass is 528 g/mol. The van der Waals surface area contributed by atoms with Crippen molar-refractivity contribution in [3.63, 3.8) is 0 Å². The maximum atomic E-state index is 13.1. The fourth-order valence-corrected chi connectivity index (χ4v) is 5.45. The third-order valence-corrected chi connectivity index (χ3v) is 7.60. The molecule has 1 amide bonds. The fraction of sp³-hybridized carbons (Fsp3) is 0.143. The van der Waals surface area contributed by atoms with Crippen molar-refractivity contribution in [3.05, 3.63) is 92.8 Å². The summed E-state index contributed by atoms with van der Waals surface area (Å²) in [6.07, 6.45) is 1.50. The second-order valence-electron chi connectivity index (χ2n) is 7.97. The fourth-order valence-electron chi connectivity index (χ4n) is 3.59. The van der Waals surface area contributed by atoms with E-state index in [9.17, 15) is 14.9 Å². The predicted octanol–water partition coefficient (Wildman–Crippen LogP) is 6.89. The first-order valence-electron chi connectivity index (χ1n) is 11.5. The van der Waals surface area contributed by atoms with Crippen LogP contribution < -0.4 is 10.6 Å². The molecule has 4 rings (SSSR count). The molecular formula is C28H24N4O3S2. The summed E-state index contributed by atoms with van der Waals surface area (Å²) in [4.78, 5) is 30.9. The van der Waals surface area contributed by atoms with Gasteiger partial charge in [0.05, 0.1) is 22.7 Å². The van der Waals surface area contributed by atoms with Gasteiger partial charge in [0, 0.05) is 22.8 Å². The van der Waals surface area contributed by atoms with Crippen molar-refractivity contribution >= 4 is 50.8 Å². The van der Waals surface area contributed by atoms with Crippen LogP contribution in [0.4, 0.5) is 10.7 Å². The Morgan fingerprint density at radius 2 is 1.84 bits per heavy atom. The number of para-hydroxylation sites is 1. The molecule has 0 unspecified atom stereocenters. The van der Waals surface area contributed by atoms with E-state index in [1.807, 2.05) is 66.9 Å². The minimum absolute atomic E-state index is 0.193. The van der Waals surface area contributed by atoms with Crippen molar-refractivity contribution in [2.75, 3.05) is 17.2 Å². The molecule has 0 aliphatic rings. The first-order valence-corrected chi connectivity index (χ1v) is 13.2. The number of aromatic nitrogens is 1. The number of thiophene rings is 1. The molecular weight excluding hydrogens is 504 g/mol. The molecule has 2 heterocycles. The molecule has 0 fully saturated rings. The molecule has 186 valence electrons. The van der Waals surface area contributed by atoms with Crippen LogP contribution in [0.1, 0.15) is 43.1 Å². The topological polar surface area (TPSA) is 104 Å². The number of hydrogen-bond acceptors (Lipinski definition) is 8. The SMILES string of the molecule is CCOC(=O)c1c(NC=C(C#N)c2nc(-c3ccccc3)cs2)sc(C(=O)Nc2ccccc2C)c1C. The van der Waals surface area contributed by atoms with E-state index in [-0.39, 0.29) is 18.1 Å². The lowest BCUT2D eigenvalue weighted by Crippen LogP contribution is -2.13. The number of nitrogens with one attached hydrogen (secondary N) is 2. The van der Waals surface area contributed by atoms with Crippen molar-refractivity contribution in [2.24, 2.45) is 0 Å². The minimum Gasteiger partial charge on any atom is -0.462 e. The van der Waals surface area contributed by atoms with Crippen molar-refractivity contribution in [2.45, 2.75) is 20.8 Å². The molecule has 0 bridgehead atoms. The van der Waals surface area contributed by atoms with Crippen molar-refractivity contribution in [1.82, 2.24) is 4.98 Å². The van der Waals surface area contributed by atoms with E-state index >= 15 is 0 Å². The molecule has 0 radical (unpaired) electrons. The zero-order chi connectivity index (χ0) is 26.4. The second-order valence-corrected chi connectivity index (χ2v) is 9.85. The summed E-state index contributed by atoms with van der Waals surface area (Å²) in [6.45, 7) is 5.53. The van der Waals surface area contributed by atoms with Gasteiger partial charge in [-0.2, -0.15) is 5.26 Å². The average molecular weight is 529 g/mol. The lowest BCUT2D eigenvalue weighted by Gasteiger charge is -2.07. The van der Waals surface area contributed by atoms with Crippen LogP contribution in [0.3, 0.4) is 0 Å². The Morgan fingerprint density at radius 1 is 1.11 bits per heavy atom. The lowest BCUT2D eigenvalue weighted by molar-refractivity contribution is 0.0527. The second kappa shape index (κ2) is 11.6. The van der Waals surface area contributed by atoms with Gasteiger partial charge in [-0.15, -0.1) is 22.7 Å². The Morgan fingerprint density at radius 3 is 2.54 bits per heavy atom. The Labute approximate surface area is 223 Å². The number of hydrogen-bond donors (Lipinski definition) is 2. The van der Waals surface area contributed by atoms with E-state index in [1.165, 1.54) is 17.5 Å². The van der Waals surface area contributed by atoms with E-state index < -0.39 is 5.97 Å². The predicted molar refractivity (Wildman–Crippen MR) is 149 cm³/mol. The molecule has 0 saturated heterocycles. The first-order chi connectivity index (χ1) is 17.9. The van der Waals surface area contributed by atoms with Crippen LogP contribution in [0.15, 0.2) is 66.2 Å². The number of esters is 1. The van der Waals surface area contributed by atoms with Crippen LogP contribution in [-0.4, -0.2) is 23.5 Å². The first kappa shape index (κ1) is 25.8. The van der Waals surface area contributed by atoms with Crippen molar-refractivity contribution < 1.29 is 14.3 Å². The molecule has 2 N–H and O–H groups in total. The van der Waals surface area contributed by atoms with E-state index in [2.05, 4.69) is 21.7 Å². The highest BCUT2D eigenvalue weighted by atomic mass is 32.1. The number of carbonyl (C=O) groups is 2. The molecule has 0 aliphatic heterocycles. The zero-order valence-electron chi connectivity index (χ0n) is 20.5. The van der Waals surface area contributed by atoms with Gasteiger partial charge in [-0.3, -0.25) is 4.79 Å². The van der Waals surface area contributed by atoms with E-state index in [1.54, 1.807) is 13.8 Å². The van der Waals surface area contributed by atoms with Crippen LogP contribution in [0.2, 0.25) is 0 Å². The van der Waals surface area contributed by atoms with Gasteiger partial charge in [-0.25, -0.2) is 9.78 Å². The summed E-state index contributed by atoms with van der Waals surface area (Å²) >= 11 is 2.48. The number of allylic oxidation sites excluding steroid dienone is 1. The molecule has 0 saturated carbocycles. The zero-order valence-corrected chi connectivity index (χ0v) is 22.1. The Kier molecular flexibility index (Phi) is 8.13. The van der Waals surface area contributed by atoms with E-state index in [0.29, 0.717) is 31.7 Å². The van der Waals surface area contributed by atoms with E-state index in [0.717, 1.165) is 28.2 Å². The Hall–Kier alpha value is -4.26. The number of aryl methyl sites for hydroxylation is 1. The summed E-state index contributed by atoms with van der Waals surface area (Å²) < 4.78 is 5.25. The van der Waals surface area contributed by atoms with Crippen LogP contribution in [0.25, 0.3) is 16.8 Å². The van der Waals surface area contributed by atoms with Gasteiger partial charge in [0.15, 0.2) is 0 Å². The average Bonchev–Trinajstić information content (AvgIpc) is 3.52. The molecule has 0 aliphatic carbocycles. The van der Waals surface area contributed by atoms with Gasteiger partial charge >= 0.3 is 5.97 Å². The third kappa shape index (κ3) is 5.77.